The van der Waals surface area contributed by atoms with E-state index in [-0.39, 0.29) is 0 Å². The number of hydrogen-bond donors (Lipinski definition) is 3. The van der Waals surface area contributed by atoms with E-state index < -0.39 is 0 Å². The van der Waals surface area contributed by atoms with Crippen LogP contribution in [0.5, 0.6) is 0 Å². The summed E-state index contributed by atoms with van der Waals surface area (Å²) < 4.78 is 0. The summed E-state index contributed by atoms with van der Waals surface area (Å²) >= 11 is 2.15. The zero-order chi connectivity index (χ0) is 16.8. The molecule has 3 rings (SSSR count). The minimum atomic E-state index is 0.455. The molecule has 8 nitrogen and oxygen atoms in total. The molecule has 0 amide bonds. The summed E-state index contributed by atoms with van der Waals surface area (Å²) in [6.07, 6.45) is 3.95. The highest BCUT2D eigenvalue weighted by Crippen LogP contribution is 2.24. The van der Waals surface area contributed by atoms with Crippen molar-refractivity contribution < 1.29 is 0 Å². The summed E-state index contributed by atoms with van der Waals surface area (Å²) in [6, 6.07) is 0. The lowest BCUT2D eigenvalue weighted by atomic mass is 10.00. The van der Waals surface area contributed by atoms with Crippen LogP contribution in [0.2, 0.25) is 0 Å². The fourth-order valence-electron chi connectivity index (χ4n) is 2.35. The minimum Gasteiger partial charge on any atom is -0.394 e. The molecular formula is C14H23IN8. The first-order valence-electron chi connectivity index (χ1n) is 7.53. The molecular weight excluding hydrogens is 407 g/mol. The molecule has 0 spiro atoms. The Hall–Kier alpha value is -1.65. The van der Waals surface area contributed by atoms with Gasteiger partial charge in [0, 0.05) is 13.1 Å². The van der Waals surface area contributed by atoms with Gasteiger partial charge in [0.05, 0.1) is 11.9 Å². The second kappa shape index (κ2) is 8.27. The Bertz CT molecular complexity index is 621. The highest BCUT2D eigenvalue weighted by molar-refractivity contribution is 14.1. The molecule has 3 heterocycles. The Kier molecular flexibility index (Phi) is 6.37. The molecule has 23 heavy (non-hydrogen) atoms. The van der Waals surface area contributed by atoms with Gasteiger partial charge in [0.2, 0.25) is 11.9 Å². The zero-order valence-corrected chi connectivity index (χ0v) is 15.8. The summed E-state index contributed by atoms with van der Waals surface area (Å²) in [6.45, 7) is 6.07. The van der Waals surface area contributed by atoms with Crippen LogP contribution >= 0.6 is 22.6 Å². The number of aromatic nitrogens is 5. The Morgan fingerprint density at radius 2 is 2.00 bits per heavy atom. The molecule has 9 heteroatoms. The summed E-state index contributed by atoms with van der Waals surface area (Å²) in [5, 5.41) is 9.83. The number of halogens is 1. The molecule has 0 aromatic carbocycles. The van der Waals surface area contributed by atoms with Crippen LogP contribution in [0.4, 0.5) is 23.4 Å². The third-order valence-corrected chi connectivity index (χ3v) is 3.70. The van der Waals surface area contributed by atoms with Crippen molar-refractivity contribution in [3.05, 3.63) is 12.0 Å². The van der Waals surface area contributed by atoms with E-state index in [0.29, 0.717) is 23.4 Å². The van der Waals surface area contributed by atoms with E-state index in [4.69, 9.17) is 5.73 Å². The van der Waals surface area contributed by atoms with E-state index in [9.17, 15) is 0 Å². The van der Waals surface area contributed by atoms with Crippen LogP contribution in [0.15, 0.2) is 6.20 Å². The number of nitrogens with one attached hydrogen (secondary N) is 2. The van der Waals surface area contributed by atoms with Crippen LogP contribution in [0.25, 0.3) is 0 Å². The first-order chi connectivity index (χ1) is 11.1. The number of rotatable bonds is 3. The van der Waals surface area contributed by atoms with Gasteiger partial charge in [-0.2, -0.15) is 9.97 Å². The number of nitrogens with two attached hydrogens (primary N) is 1. The summed E-state index contributed by atoms with van der Waals surface area (Å²) in [5.74, 6) is 3.19. The second-order valence-corrected chi connectivity index (χ2v) is 5.51. The van der Waals surface area contributed by atoms with Crippen molar-refractivity contribution in [1.29, 1.82) is 0 Å². The number of nitrogen functional groups attached to an aromatic ring is 1. The molecule has 0 unspecified atom stereocenters. The number of H-pyrrole nitrogens is 1. The molecule has 4 N–H and O–H groups in total. The Morgan fingerprint density at radius 1 is 1.30 bits per heavy atom. The molecule has 0 aliphatic carbocycles. The van der Waals surface area contributed by atoms with Gasteiger partial charge in [-0.1, -0.05) is 29.5 Å². The van der Waals surface area contributed by atoms with Gasteiger partial charge in [0.15, 0.2) is 5.82 Å². The summed E-state index contributed by atoms with van der Waals surface area (Å²) in [7, 11) is 0. The van der Waals surface area contributed by atoms with Crippen LogP contribution in [0, 0.1) is 12.8 Å². The Morgan fingerprint density at radius 3 is 2.61 bits per heavy atom. The molecule has 1 aliphatic heterocycles. The van der Waals surface area contributed by atoms with Crippen LogP contribution in [-0.2, 0) is 0 Å². The Balaban J connectivity index is 0.000000924. The predicted octanol–water partition coefficient (Wildman–Crippen LogP) is 2.52. The van der Waals surface area contributed by atoms with Crippen molar-refractivity contribution in [2.45, 2.75) is 26.7 Å². The molecule has 1 aliphatic rings. The highest BCUT2D eigenvalue weighted by Gasteiger charge is 2.19. The van der Waals surface area contributed by atoms with Gasteiger partial charge in [0.25, 0.3) is 0 Å². The van der Waals surface area contributed by atoms with Crippen molar-refractivity contribution in [3.63, 3.8) is 0 Å². The number of nitrogens with zero attached hydrogens (tertiary/aromatic N) is 5. The van der Waals surface area contributed by atoms with Gasteiger partial charge in [-0.3, -0.25) is 5.10 Å². The maximum atomic E-state index is 5.92. The quantitative estimate of drug-likeness (QED) is 0.507. The SMILES string of the molecule is CI.Cc1nc(Nc2nc(N3CCC(C)CC3)ncc2N)n[nH]1. The molecule has 0 saturated carbocycles. The van der Waals surface area contributed by atoms with E-state index in [1.165, 1.54) is 0 Å². The first kappa shape index (κ1) is 17.7. The van der Waals surface area contributed by atoms with E-state index in [2.05, 4.69) is 64.9 Å². The van der Waals surface area contributed by atoms with Crippen LogP contribution in [0.3, 0.4) is 0 Å². The van der Waals surface area contributed by atoms with Gasteiger partial charge in [0.1, 0.15) is 5.82 Å². The van der Waals surface area contributed by atoms with E-state index >= 15 is 0 Å². The normalized spacial score (nSPS) is 15.0. The minimum absolute atomic E-state index is 0.455. The van der Waals surface area contributed by atoms with Crippen LogP contribution < -0.4 is 16.0 Å². The molecule has 2 aromatic rings. The molecule has 1 fully saturated rings. The van der Waals surface area contributed by atoms with Crippen LogP contribution in [-0.4, -0.2) is 43.2 Å². The number of aromatic amines is 1. The van der Waals surface area contributed by atoms with Crippen molar-refractivity contribution in [3.8, 4) is 0 Å². The maximum Gasteiger partial charge on any atom is 0.247 e. The first-order valence-corrected chi connectivity index (χ1v) is 9.69. The standard InChI is InChI=1S/C13H20N8.CH3I/c1-8-3-5-21(6-4-8)13-15-7-10(14)11(18-13)17-12-16-9(2)19-20-12;1-2/h7-8H,3-6,14H2,1-2H3,(H2,15,16,17,18,19,20);1H3. The lowest BCUT2D eigenvalue weighted by Crippen LogP contribution is -2.34. The van der Waals surface area contributed by atoms with Gasteiger partial charge in [-0.05, 0) is 30.6 Å². The van der Waals surface area contributed by atoms with Crippen molar-refractivity contribution in [2.75, 3.05) is 34.0 Å². The lowest BCUT2D eigenvalue weighted by molar-refractivity contribution is 0.434. The number of piperidine rings is 1. The fraction of sp³-hybridized carbons (Fsp3) is 0.571. The third-order valence-electron chi connectivity index (χ3n) is 3.70. The van der Waals surface area contributed by atoms with Crippen molar-refractivity contribution in [2.24, 2.45) is 5.92 Å². The third kappa shape index (κ3) is 4.66. The van der Waals surface area contributed by atoms with Crippen LogP contribution in [0.1, 0.15) is 25.6 Å². The topological polar surface area (TPSA) is 109 Å². The fourth-order valence-corrected chi connectivity index (χ4v) is 2.35. The van der Waals surface area contributed by atoms with E-state index in [1.54, 1.807) is 6.20 Å². The van der Waals surface area contributed by atoms with Gasteiger partial charge in [-0.25, -0.2) is 4.98 Å². The summed E-state index contributed by atoms with van der Waals surface area (Å²) in [5.41, 5.74) is 6.40. The number of alkyl halides is 1. The highest BCUT2D eigenvalue weighted by atomic mass is 127. The largest absolute Gasteiger partial charge is 0.394 e. The molecule has 0 atom stereocenters. The van der Waals surface area contributed by atoms with Gasteiger partial charge in [-0.15, -0.1) is 5.10 Å². The molecule has 1 saturated heterocycles. The Labute approximate surface area is 149 Å². The average Bonchev–Trinajstić information content (AvgIpc) is 2.97. The number of aryl methyl sites for hydroxylation is 1. The predicted molar refractivity (Wildman–Crippen MR) is 101 cm³/mol. The number of anilines is 4. The van der Waals surface area contributed by atoms with E-state index in [0.717, 1.165) is 37.7 Å². The van der Waals surface area contributed by atoms with Gasteiger partial charge < -0.3 is 16.0 Å². The smallest absolute Gasteiger partial charge is 0.247 e. The van der Waals surface area contributed by atoms with Crippen molar-refractivity contribution >= 4 is 46.0 Å². The zero-order valence-electron chi connectivity index (χ0n) is 13.7. The number of hydrogen-bond acceptors (Lipinski definition) is 7. The second-order valence-electron chi connectivity index (χ2n) is 5.51. The van der Waals surface area contributed by atoms with Gasteiger partial charge >= 0.3 is 0 Å². The summed E-state index contributed by atoms with van der Waals surface area (Å²) in [4.78, 5) is 17.2. The monoisotopic (exact) mass is 430 g/mol. The van der Waals surface area contributed by atoms with Crippen molar-refractivity contribution in [1.82, 2.24) is 25.1 Å². The molecule has 126 valence electrons. The maximum absolute atomic E-state index is 5.92. The average molecular weight is 430 g/mol. The van der Waals surface area contributed by atoms with E-state index in [1.807, 2.05) is 11.9 Å². The lowest BCUT2D eigenvalue weighted by Gasteiger charge is -2.30. The molecule has 0 radical (unpaired) electrons. The molecule has 0 bridgehead atoms. The molecule has 2 aromatic heterocycles.